The molecule has 0 atom stereocenters. The lowest BCUT2D eigenvalue weighted by Crippen LogP contribution is -2.02. The molecule has 0 aliphatic carbocycles. The van der Waals surface area contributed by atoms with Crippen LogP contribution in [0.3, 0.4) is 0 Å². The van der Waals surface area contributed by atoms with E-state index in [9.17, 15) is 9.59 Å². The van der Waals surface area contributed by atoms with Crippen LogP contribution in [0.5, 0.6) is 0 Å². The number of hydrogen-bond donors (Lipinski definition) is 0. The second-order valence-electron chi connectivity index (χ2n) is 4.29. The molecule has 0 unspecified atom stereocenters. The van der Waals surface area contributed by atoms with Crippen molar-refractivity contribution in [1.29, 1.82) is 0 Å². The highest BCUT2D eigenvalue weighted by Crippen LogP contribution is 2.32. The molecule has 0 spiro atoms. The Hall–Kier alpha value is -2.00. The van der Waals surface area contributed by atoms with Crippen LogP contribution in [0.15, 0.2) is 53.0 Å². The number of aldehydes is 1. The molecule has 0 aromatic heterocycles. The van der Waals surface area contributed by atoms with Crippen molar-refractivity contribution >= 4 is 49.5 Å². The minimum Gasteiger partial charge on any atom is -0.294 e. The van der Waals surface area contributed by atoms with Crippen LogP contribution in [-0.2, 0) is 4.79 Å². The molecule has 0 fully saturated rings. The van der Waals surface area contributed by atoms with Crippen molar-refractivity contribution in [3.05, 3.63) is 58.6 Å². The summed E-state index contributed by atoms with van der Waals surface area (Å²) in [6.07, 6.45) is 0.377. The first-order valence-electron chi connectivity index (χ1n) is 5.82. The van der Waals surface area contributed by atoms with E-state index < -0.39 is 5.78 Å². The molecule has 2 nitrogen and oxygen atoms in total. The lowest BCUT2D eigenvalue weighted by molar-refractivity contribution is -0.104. The summed E-state index contributed by atoms with van der Waals surface area (Å²) in [7, 11) is 0. The van der Waals surface area contributed by atoms with Gasteiger partial charge >= 0.3 is 0 Å². The minimum atomic E-state index is -0.486. The SMILES string of the molecule is O=CC(=O)c1c2ccccc2cc2c(Br)cccc12. The third-order valence-electron chi connectivity index (χ3n) is 3.21. The number of Topliss-reactive ketones (excluding diaryl/α,β-unsaturated/α-hetero) is 1. The Kier molecular flexibility index (Phi) is 2.91. The quantitative estimate of drug-likeness (QED) is 0.308. The monoisotopic (exact) mass is 312 g/mol. The normalized spacial score (nSPS) is 10.8. The number of carbonyl (C=O) groups is 2. The molecule has 0 saturated carbocycles. The highest BCUT2D eigenvalue weighted by atomic mass is 79.9. The van der Waals surface area contributed by atoms with Gasteiger partial charge in [-0.25, -0.2) is 0 Å². The van der Waals surface area contributed by atoms with Gasteiger partial charge in [-0.1, -0.05) is 52.3 Å². The van der Waals surface area contributed by atoms with Gasteiger partial charge in [0.15, 0.2) is 6.29 Å². The molecule has 3 aromatic carbocycles. The van der Waals surface area contributed by atoms with Crippen LogP contribution >= 0.6 is 15.9 Å². The van der Waals surface area contributed by atoms with Gasteiger partial charge in [-0.05, 0) is 33.7 Å². The number of hydrogen-bond acceptors (Lipinski definition) is 2. The Balaban J connectivity index is 2.60. The van der Waals surface area contributed by atoms with E-state index in [2.05, 4.69) is 15.9 Å². The Labute approximate surface area is 118 Å². The van der Waals surface area contributed by atoms with Crippen LogP contribution in [0, 0.1) is 0 Å². The molecule has 0 aliphatic rings. The lowest BCUT2D eigenvalue weighted by Gasteiger charge is -2.09. The van der Waals surface area contributed by atoms with Gasteiger partial charge in [0.1, 0.15) is 0 Å². The number of halogens is 1. The van der Waals surface area contributed by atoms with E-state index in [0.717, 1.165) is 26.0 Å². The van der Waals surface area contributed by atoms with Crippen LogP contribution in [-0.4, -0.2) is 12.1 Å². The summed E-state index contributed by atoms with van der Waals surface area (Å²) in [6.45, 7) is 0. The van der Waals surface area contributed by atoms with Gasteiger partial charge < -0.3 is 0 Å². The van der Waals surface area contributed by atoms with Crippen LogP contribution in [0.2, 0.25) is 0 Å². The van der Waals surface area contributed by atoms with Crippen molar-refractivity contribution in [1.82, 2.24) is 0 Å². The maximum Gasteiger partial charge on any atom is 0.226 e. The van der Waals surface area contributed by atoms with Crippen molar-refractivity contribution < 1.29 is 9.59 Å². The molecule has 3 rings (SSSR count). The first-order valence-corrected chi connectivity index (χ1v) is 6.61. The Morgan fingerprint density at radius 2 is 1.68 bits per heavy atom. The van der Waals surface area contributed by atoms with Gasteiger partial charge in [0.2, 0.25) is 5.78 Å². The van der Waals surface area contributed by atoms with E-state index in [1.165, 1.54) is 0 Å². The topological polar surface area (TPSA) is 34.1 Å². The van der Waals surface area contributed by atoms with Gasteiger partial charge in [0.05, 0.1) is 0 Å². The molecular formula is C16H9BrO2. The molecule has 92 valence electrons. The molecule has 19 heavy (non-hydrogen) atoms. The molecule has 0 heterocycles. The van der Waals surface area contributed by atoms with Crippen LogP contribution in [0.1, 0.15) is 10.4 Å². The van der Waals surface area contributed by atoms with Gasteiger partial charge in [-0.2, -0.15) is 0 Å². The molecule has 0 aliphatic heterocycles. The number of carbonyl (C=O) groups excluding carboxylic acids is 2. The van der Waals surface area contributed by atoms with Gasteiger partial charge in [-0.15, -0.1) is 0 Å². The van der Waals surface area contributed by atoms with Crippen molar-refractivity contribution in [3.8, 4) is 0 Å². The minimum absolute atomic E-state index is 0.377. The number of ketones is 1. The molecule has 0 saturated heterocycles. The van der Waals surface area contributed by atoms with E-state index in [1.807, 2.05) is 48.5 Å². The summed E-state index contributed by atoms with van der Waals surface area (Å²) >= 11 is 3.49. The molecule has 0 amide bonds. The summed E-state index contributed by atoms with van der Waals surface area (Å²) in [4.78, 5) is 22.9. The van der Waals surface area contributed by atoms with Crippen LogP contribution < -0.4 is 0 Å². The van der Waals surface area contributed by atoms with Crippen molar-refractivity contribution in [3.63, 3.8) is 0 Å². The Morgan fingerprint density at radius 3 is 2.47 bits per heavy atom. The highest BCUT2D eigenvalue weighted by molar-refractivity contribution is 9.10. The summed E-state index contributed by atoms with van der Waals surface area (Å²) < 4.78 is 0.913. The fourth-order valence-electron chi connectivity index (χ4n) is 2.38. The van der Waals surface area contributed by atoms with Gasteiger partial charge in [-0.3, -0.25) is 9.59 Å². The predicted octanol–water partition coefficient (Wildman–Crippen LogP) is 4.14. The Morgan fingerprint density at radius 1 is 0.947 bits per heavy atom. The average Bonchev–Trinajstić information content (AvgIpc) is 2.45. The zero-order valence-corrected chi connectivity index (χ0v) is 11.5. The van der Waals surface area contributed by atoms with E-state index in [4.69, 9.17) is 0 Å². The zero-order chi connectivity index (χ0) is 13.4. The Bertz CT molecular complexity index is 821. The summed E-state index contributed by atoms with van der Waals surface area (Å²) in [5.74, 6) is -0.486. The first kappa shape index (κ1) is 12.1. The lowest BCUT2D eigenvalue weighted by atomic mass is 9.95. The van der Waals surface area contributed by atoms with Crippen molar-refractivity contribution in [2.24, 2.45) is 0 Å². The molecule has 0 N–H and O–H groups in total. The number of rotatable bonds is 2. The third-order valence-corrected chi connectivity index (χ3v) is 3.90. The maximum atomic E-state index is 12.0. The van der Waals surface area contributed by atoms with Crippen molar-refractivity contribution in [2.45, 2.75) is 0 Å². The van der Waals surface area contributed by atoms with Crippen LogP contribution in [0.25, 0.3) is 21.5 Å². The molecule has 3 aromatic rings. The maximum absolute atomic E-state index is 12.0. The highest BCUT2D eigenvalue weighted by Gasteiger charge is 2.14. The van der Waals surface area contributed by atoms with Gasteiger partial charge in [0.25, 0.3) is 0 Å². The summed E-state index contributed by atoms with van der Waals surface area (Å²) in [5.41, 5.74) is 0.476. The predicted molar refractivity (Wildman–Crippen MR) is 79.5 cm³/mol. The summed E-state index contributed by atoms with van der Waals surface area (Å²) in [5, 5.41) is 3.49. The molecule has 0 bridgehead atoms. The fraction of sp³-hybridized carbons (Fsp3) is 0. The first-order chi connectivity index (χ1) is 9.22. The van der Waals surface area contributed by atoms with Crippen LogP contribution in [0.4, 0.5) is 0 Å². The average molecular weight is 313 g/mol. The zero-order valence-electron chi connectivity index (χ0n) is 9.89. The second-order valence-corrected chi connectivity index (χ2v) is 5.14. The van der Waals surface area contributed by atoms with Gasteiger partial charge in [0, 0.05) is 10.0 Å². The standard InChI is InChI=1S/C16H9BrO2/c17-14-7-3-6-12-13(14)8-10-4-1-2-5-11(10)16(12)15(19)9-18/h1-9H. The summed E-state index contributed by atoms with van der Waals surface area (Å²) in [6, 6.07) is 15.3. The largest absolute Gasteiger partial charge is 0.294 e. The molecule has 3 heteroatoms. The van der Waals surface area contributed by atoms with E-state index in [1.54, 1.807) is 0 Å². The van der Waals surface area contributed by atoms with E-state index >= 15 is 0 Å². The molecular weight excluding hydrogens is 304 g/mol. The van der Waals surface area contributed by atoms with E-state index in [-0.39, 0.29) is 0 Å². The number of benzene rings is 3. The second kappa shape index (κ2) is 4.59. The fourth-order valence-corrected chi connectivity index (χ4v) is 2.86. The number of fused-ring (bicyclic) bond motifs is 2. The smallest absolute Gasteiger partial charge is 0.226 e. The molecule has 0 radical (unpaired) electrons. The van der Waals surface area contributed by atoms with E-state index in [0.29, 0.717) is 11.8 Å². The van der Waals surface area contributed by atoms with Crippen molar-refractivity contribution in [2.75, 3.05) is 0 Å². The third kappa shape index (κ3) is 1.87.